The van der Waals surface area contributed by atoms with E-state index in [1.165, 1.54) is 18.2 Å². The lowest BCUT2D eigenvalue weighted by atomic mass is 10.2. The number of hydrogen-bond acceptors (Lipinski definition) is 7. The zero-order valence-corrected chi connectivity index (χ0v) is 17.3. The first kappa shape index (κ1) is 13.0. The van der Waals surface area contributed by atoms with Gasteiger partial charge in [-0.3, -0.25) is 4.68 Å². The quantitative estimate of drug-likeness (QED) is 0.484. The lowest BCUT2D eigenvalue weighted by Gasteiger charge is -2.19. The van der Waals surface area contributed by atoms with Crippen molar-refractivity contribution in [3.8, 4) is 0 Å². The largest absolute Gasteiger partial charge is 0.329 e. The van der Waals surface area contributed by atoms with Crippen LogP contribution in [0.25, 0.3) is 10.9 Å². The van der Waals surface area contributed by atoms with Gasteiger partial charge in [-0.1, -0.05) is 6.07 Å². The Hall–Kier alpha value is -3.50. The molecule has 3 N–H and O–H groups in total. The molecule has 0 bridgehead atoms. The van der Waals surface area contributed by atoms with E-state index < -0.39 is 52.3 Å². The van der Waals surface area contributed by atoms with Crippen molar-refractivity contribution in [2.24, 2.45) is 12.2 Å². The zero-order chi connectivity index (χ0) is 29.1. The first-order valence-corrected chi connectivity index (χ1v) is 10.5. The predicted molar refractivity (Wildman–Crippen MR) is 121 cm³/mol. The van der Waals surface area contributed by atoms with Crippen LogP contribution in [0.4, 0.5) is 23.1 Å². The van der Waals surface area contributed by atoms with Crippen molar-refractivity contribution in [3.63, 3.8) is 0 Å². The second-order valence-corrected chi connectivity index (χ2v) is 8.26. The molecule has 160 valence electrons. The smallest absolute Gasteiger partial charge is 0.238 e. The minimum atomic E-state index is -4.44. The summed E-state index contributed by atoms with van der Waals surface area (Å²) in [6, 6.07) is 7.45. The standard InChI is InChI=1S/C21H23N7O2S/c1-13-5-6-15(11-19(13)31(22,29)30)24-21-23-10-9-20(25-21)27(3)16-7-8-17-14(2)28(4)26-18(17)12-16/h5-12H,1-4H3,(H2,22,29,30)(H,23,24,25)/i1D3,3D3,9D,10D. The number of hydrogen-bond donors (Lipinski definition) is 2. The van der Waals surface area contributed by atoms with Gasteiger partial charge in [0.1, 0.15) is 5.82 Å². The molecule has 0 atom stereocenters. The third-order valence-electron chi connectivity index (χ3n) is 4.67. The highest BCUT2D eigenvalue weighted by atomic mass is 32.2. The topological polar surface area (TPSA) is 119 Å². The lowest BCUT2D eigenvalue weighted by Crippen LogP contribution is -2.14. The molecule has 0 aliphatic heterocycles. The molecule has 0 aliphatic carbocycles. The van der Waals surface area contributed by atoms with Crippen LogP contribution in [0.1, 0.15) is 22.2 Å². The molecular weight excluding hydrogens is 414 g/mol. The molecular formula is C21H23N7O2S. The van der Waals surface area contributed by atoms with Crippen LogP contribution in [0.5, 0.6) is 0 Å². The van der Waals surface area contributed by atoms with Gasteiger partial charge >= 0.3 is 0 Å². The van der Waals surface area contributed by atoms with E-state index in [0.717, 1.165) is 28.1 Å². The summed E-state index contributed by atoms with van der Waals surface area (Å²) in [6.07, 6.45) is -0.614. The Morgan fingerprint density at radius 1 is 1.26 bits per heavy atom. The van der Waals surface area contributed by atoms with Crippen LogP contribution in [-0.2, 0) is 17.1 Å². The van der Waals surface area contributed by atoms with E-state index >= 15 is 0 Å². The Bertz CT molecular complexity index is 1700. The maximum atomic E-state index is 12.1. The molecule has 4 rings (SSSR count). The number of benzene rings is 2. The second kappa shape index (κ2) is 7.64. The number of aromatic nitrogens is 4. The van der Waals surface area contributed by atoms with Gasteiger partial charge in [0.15, 0.2) is 0 Å². The zero-order valence-electron chi connectivity index (χ0n) is 24.5. The van der Waals surface area contributed by atoms with E-state index in [0.29, 0.717) is 5.52 Å². The molecule has 2 aromatic carbocycles. The van der Waals surface area contributed by atoms with Gasteiger partial charge in [-0.15, -0.1) is 0 Å². The molecule has 0 amide bonds. The average Bonchev–Trinajstić information content (AvgIpc) is 3.07. The van der Waals surface area contributed by atoms with Crippen molar-refractivity contribution < 1.29 is 19.4 Å². The molecule has 0 saturated carbocycles. The van der Waals surface area contributed by atoms with Crippen LogP contribution in [0, 0.1) is 13.8 Å². The fourth-order valence-electron chi connectivity index (χ4n) is 2.99. The van der Waals surface area contributed by atoms with Crippen LogP contribution in [0.3, 0.4) is 0 Å². The van der Waals surface area contributed by atoms with E-state index in [4.69, 9.17) is 16.1 Å². The number of anilines is 4. The third-order valence-corrected chi connectivity index (χ3v) is 5.62. The maximum Gasteiger partial charge on any atom is 0.238 e. The fraction of sp³-hybridized carbons (Fsp3) is 0.190. The molecule has 0 unspecified atom stereocenters. The van der Waals surface area contributed by atoms with E-state index in [2.05, 4.69) is 20.4 Å². The minimum absolute atomic E-state index is 0.000852. The number of nitrogens with one attached hydrogen (secondary N) is 1. The van der Waals surface area contributed by atoms with Crippen molar-refractivity contribution in [2.45, 2.75) is 18.7 Å². The number of nitrogens with zero attached hydrogens (tertiary/aromatic N) is 5. The summed E-state index contributed by atoms with van der Waals surface area (Å²) in [7, 11) is -2.69. The lowest BCUT2D eigenvalue weighted by molar-refractivity contribution is 0.597. The Morgan fingerprint density at radius 3 is 2.84 bits per heavy atom. The van der Waals surface area contributed by atoms with Crippen LogP contribution in [0.2, 0.25) is 0 Å². The van der Waals surface area contributed by atoms with Crippen LogP contribution in [-0.4, -0.2) is 35.1 Å². The van der Waals surface area contributed by atoms with Gasteiger partial charge in [-0.2, -0.15) is 10.1 Å². The summed E-state index contributed by atoms with van der Waals surface area (Å²) in [5.41, 5.74) is 1.02. The molecule has 2 heterocycles. The van der Waals surface area contributed by atoms with Crippen molar-refractivity contribution in [2.75, 3.05) is 17.2 Å². The van der Waals surface area contributed by atoms with Gasteiger partial charge in [-0.25, -0.2) is 18.5 Å². The van der Waals surface area contributed by atoms with Crippen molar-refractivity contribution >= 4 is 44.1 Å². The second-order valence-electron chi connectivity index (χ2n) is 6.73. The summed E-state index contributed by atoms with van der Waals surface area (Å²) in [4.78, 5) is 8.16. The molecule has 9 nitrogen and oxygen atoms in total. The van der Waals surface area contributed by atoms with Gasteiger partial charge in [0.25, 0.3) is 0 Å². The number of primary sulfonamides is 1. The highest BCUT2D eigenvalue weighted by molar-refractivity contribution is 7.89. The SMILES string of the molecule is [2H]c1nc(Nc2ccc(C([2H])([2H])[2H])c(S(N)(=O)=O)c2)nc(N(c2ccc3c(C)n(C)nc3c2)C([2H])([2H])[2H])c1[2H]. The monoisotopic (exact) mass is 445 g/mol. The molecule has 0 spiro atoms. The van der Waals surface area contributed by atoms with Crippen LogP contribution in [0.15, 0.2) is 53.5 Å². The van der Waals surface area contributed by atoms with E-state index in [1.807, 2.05) is 6.92 Å². The first-order chi connectivity index (χ1) is 17.9. The molecule has 0 saturated heterocycles. The highest BCUT2D eigenvalue weighted by Crippen LogP contribution is 2.28. The summed E-state index contributed by atoms with van der Waals surface area (Å²) in [6.45, 7) is -3.74. The molecule has 31 heavy (non-hydrogen) atoms. The Morgan fingerprint density at radius 2 is 2.10 bits per heavy atom. The van der Waals surface area contributed by atoms with E-state index in [1.54, 1.807) is 17.8 Å². The normalized spacial score (nSPS) is 16.2. The maximum absolute atomic E-state index is 12.1. The third kappa shape index (κ3) is 4.07. The molecule has 0 aliphatic rings. The number of sulfonamides is 1. The van der Waals surface area contributed by atoms with E-state index in [-0.39, 0.29) is 17.3 Å². The number of aryl methyl sites for hydroxylation is 3. The Balaban J connectivity index is 1.83. The fourth-order valence-corrected chi connectivity index (χ4v) is 3.66. The summed E-state index contributed by atoms with van der Waals surface area (Å²) >= 11 is 0. The van der Waals surface area contributed by atoms with Gasteiger partial charge in [0.05, 0.1) is 13.2 Å². The minimum Gasteiger partial charge on any atom is -0.329 e. The summed E-state index contributed by atoms with van der Waals surface area (Å²) < 4.78 is 89.4. The van der Waals surface area contributed by atoms with Crippen molar-refractivity contribution in [1.29, 1.82) is 0 Å². The molecule has 4 aromatic rings. The van der Waals surface area contributed by atoms with Gasteiger partial charge in [-0.05, 0) is 55.7 Å². The molecule has 10 heteroatoms. The molecule has 2 aromatic heterocycles. The number of nitrogens with two attached hydrogens (primary N) is 1. The van der Waals surface area contributed by atoms with Crippen LogP contribution < -0.4 is 15.4 Å². The highest BCUT2D eigenvalue weighted by Gasteiger charge is 2.14. The van der Waals surface area contributed by atoms with Gasteiger partial charge in [0, 0.05) is 50.9 Å². The Labute approximate surface area is 191 Å². The number of fused-ring (bicyclic) bond motifs is 1. The van der Waals surface area contributed by atoms with E-state index in [9.17, 15) is 8.42 Å². The Kier molecular flexibility index (Phi) is 3.21. The predicted octanol–water partition coefficient (Wildman–Crippen LogP) is 3.14. The summed E-state index contributed by atoms with van der Waals surface area (Å²) in [5.74, 6) is -0.757. The average molecular weight is 446 g/mol. The van der Waals surface area contributed by atoms with Crippen LogP contribution >= 0.6 is 0 Å². The molecule has 0 radical (unpaired) electrons. The van der Waals surface area contributed by atoms with Gasteiger partial charge in [0.2, 0.25) is 16.0 Å². The number of rotatable bonds is 5. The first-order valence-electron chi connectivity index (χ1n) is 12.9. The molecule has 0 fully saturated rings. The summed E-state index contributed by atoms with van der Waals surface area (Å²) in [5, 5.41) is 13.0. The van der Waals surface area contributed by atoms with Crippen molar-refractivity contribution in [1.82, 2.24) is 19.7 Å². The van der Waals surface area contributed by atoms with Gasteiger partial charge < -0.3 is 10.2 Å². The van der Waals surface area contributed by atoms with Crippen molar-refractivity contribution in [3.05, 3.63) is 59.9 Å².